The second kappa shape index (κ2) is 11.0. The molecule has 0 saturated carbocycles. The van der Waals surface area contributed by atoms with Crippen molar-refractivity contribution in [3.63, 3.8) is 0 Å². The number of carbonyl (C=O) groups excluding carboxylic acids is 1. The lowest BCUT2D eigenvalue weighted by atomic mass is 10.1. The highest BCUT2D eigenvalue weighted by atomic mass is 32.2. The Hall–Kier alpha value is -0.660. The Morgan fingerprint density at radius 1 is 1.45 bits per heavy atom. The summed E-state index contributed by atoms with van der Waals surface area (Å²) in [6.45, 7) is 4.03. The number of aliphatic imine (C=N–C) groups is 1. The first-order chi connectivity index (χ1) is 10.6. The zero-order valence-corrected chi connectivity index (χ0v) is 15.3. The first-order valence-corrected chi connectivity index (χ1v) is 10.4. The Labute approximate surface area is 140 Å². The summed E-state index contributed by atoms with van der Waals surface area (Å²) in [7, 11) is 1.36. The maximum atomic E-state index is 12.2. The smallest absolute Gasteiger partial charge is 0.276 e. The number of carbonyl (C=O) groups is 1. The molecule has 0 atom stereocenters. The molecule has 0 aromatic carbocycles. The topological polar surface area (TPSA) is 61.8 Å². The van der Waals surface area contributed by atoms with E-state index in [-0.39, 0.29) is 11.9 Å². The van der Waals surface area contributed by atoms with Crippen molar-refractivity contribution in [1.29, 1.82) is 0 Å². The minimum atomic E-state index is -0.703. The summed E-state index contributed by atoms with van der Waals surface area (Å²) in [6.07, 6.45) is 8.22. The normalized spacial score (nSPS) is 23.2. The van der Waals surface area contributed by atoms with Gasteiger partial charge in [0.15, 0.2) is 5.04 Å². The van der Waals surface area contributed by atoms with Crippen LogP contribution in [-0.2, 0) is 15.6 Å². The Kier molecular flexibility index (Phi) is 9.66. The van der Waals surface area contributed by atoms with Gasteiger partial charge < -0.3 is 10.2 Å². The fraction of sp³-hybridized carbons (Fsp3) is 0.733. The molecule has 1 aliphatic heterocycles. The Bertz CT molecular complexity index is 429. The van der Waals surface area contributed by atoms with Gasteiger partial charge in [-0.2, -0.15) is 0 Å². The van der Waals surface area contributed by atoms with Gasteiger partial charge in [-0.15, -0.1) is 11.8 Å². The predicted molar refractivity (Wildman–Crippen MR) is 96.9 cm³/mol. The molecule has 1 N–H and O–H groups in total. The molecule has 0 aromatic heterocycles. The predicted octanol–water partition coefficient (Wildman–Crippen LogP) is 1.63. The largest absolute Gasteiger partial charge is 0.347 e. The number of hydrogen-bond acceptors (Lipinski definition) is 5. The third-order valence-electron chi connectivity index (χ3n) is 3.43. The highest BCUT2D eigenvalue weighted by molar-refractivity contribution is 8.15. The first kappa shape index (κ1) is 19.4. The standard InChI is InChI=1S/C15H27N3O2S2/c1-4-9-18(2)10-5-8-16-15(21-3)14(19)17-13-6-11-22(20)12-7-13/h5,8,13H,4,6-7,9-12H2,1-3H3,(H,17,19)/b8-5+,16-15?. The van der Waals surface area contributed by atoms with E-state index in [0.29, 0.717) is 16.5 Å². The van der Waals surface area contributed by atoms with Crippen LogP contribution >= 0.6 is 11.8 Å². The summed E-state index contributed by atoms with van der Waals surface area (Å²) in [4.78, 5) is 18.6. The van der Waals surface area contributed by atoms with E-state index in [9.17, 15) is 9.00 Å². The molecule has 7 heteroatoms. The molecule has 0 spiro atoms. The van der Waals surface area contributed by atoms with E-state index in [4.69, 9.17) is 0 Å². The van der Waals surface area contributed by atoms with Crippen molar-refractivity contribution in [3.8, 4) is 0 Å². The lowest BCUT2D eigenvalue weighted by Crippen LogP contribution is -2.42. The van der Waals surface area contributed by atoms with Crippen molar-refractivity contribution in [2.24, 2.45) is 4.99 Å². The van der Waals surface area contributed by atoms with Crippen molar-refractivity contribution >= 4 is 33.5 Å². The molecule has 1 saturated heterocycles. The van der Waals surface area contributed by atoms with E-state index in [1.165, 1.54) is 11.8 Å². The molecular formula is C15H27N3O2S2. The molecule has 1 heterocycles. The van der Waals surface area contributed by atoms with Crippen molar-refractivity contribution in [2.45, 2.75) is 32.2 Å². The Morgan fingerprint density at radius 3 is 2.73 bits per heavy atom. The van der Waals surface area contributed by atoms with Crippen LogP contribution in [0.15, 0.2) is 17.3 Å². The zero-order chi connectivity index (χ0) is 16.4. The average Bonchev–Trinajstić information content (AvgIpc) is 2.50. The van der Waals surface area contributed by atoms with Gasteiger partial charge in [0.25, 0.3) is 5.91 Å². The molecule has 1 rings (SSSR count). The highest BCUT2D eigenvalue weighted by Gasteiger charge is 2.21. The molecule has 5 nitrogen and oxygen atoms in total. The monoisotopic (exact) mass is 345 g/mol. The van der Waals surface area contributed by atoms with Gasteiger partial charge in [-0.1, -0.05) is 13.0 Å². The summed E-state index contributed by atoms with van der Waals surface area (Å²) >= 11 is 1.35. The van der Waals surface area contributed by atoms with Crippen LogP contribution < -0.4 is 5.32 Å². The van der Waals surface area contributed by atoms with Gasteiger partial charge in [0.05, 0.1) is 0 Å². The van der Waals surface area contributed by atoms with Gasteiger partial charge in [0, 0.05) is 41.1 Å². The van der Waals surface area contributed by atoms with Gasteiger partial charge in [-0.3, -0.25) is 9.00 Å². The molecule has 22 heavy (non-hydrogen) atoms. The maximum absolute atomic E-state index is 12.2. The van der Waals surface area contributed by atoms with Crippen molar-refractivity contribution in [1.82, 2.24) is 10.2 Å². The first-order valence-electron chi connectivity index (χ1n) is 7.68. The molecule has 1 fully saturated rings. The van der Waals surface area contributed by atoms with Crippen LogP contribution in [0.1, 0.15) is 26.2 Å². The van der Waals surface area contributed by atoms with Crippen LogP contribution in [0.5, 0.6) is 0 Å². The van der Waals surface area contributed by atoms with Crippen molar-refractivity contribution < 1.29 is 9.00 Å². The van der Waals surface area contributed by atoms with Gasteiger partial charge in [-0.05, 0) is 39.1 Å². The van der Waals surface area contributed by atoms with Gasteiger partial charge in [-0.25, -0.2) is 4.99 Å². The molecule has 1 aliphatic rings. The summed E-state index contributed by atoms with van der Waals surface area (Å²) in [5, 5.41) is 3.46. The molecule has 1 amide bonds. The van der Waals surface area contributed by atoms with E-state index < -0.39 is 10.8 Å². The molecular weight excluding hydrogens is 318 g/mol. The Balaban J connectivity index is 2.44. The second-order valence-electron chi connectivity index (χ2n) is 5.38. The number of nitrogens with one attached hydrogen (secondary N) is 1. The average molecular weight is 346 g/mol. The van der Waals surface area contributed by atoms with E-state index in [0.717, 1.165) is 32.4 Å². The van der Waals surface area contributed by atoms with Crippen LogP contribution in [0.25, 0.3) is 0 Å². The van der Waals surface area contributed by atoms with Crippen LogP contribution in [-0.4, -0.2) is 64.0 Å². The van der Waals surface area contributed by atoms with E-state index in [1.807, 2.05) is 12.3 Å². The third kappa shape index (κ3) is 7.56. The maximum Gasteiger partial charge on any atom is 0.276 e. The van der Waals surface area contributed by atoms with E-state index in [1.54, 1.807) is 6.20 Å². The quantitative estimate of drug-likeness (QED) is 0.587. The molecule has 126 valence electrons. The molecule has 0 bridgehead atoms. The summed E-state index contributed by atoms with van der Waals surface area (Å²) < 4.78 is 11.3. The molecule has 0 aliphatic carbocycles. The van der Waals surface area contributed by atoms with E-state index in [2.05, 4.69) is 29.2 Å². The second-order valence-corrected chi connectivity index (χ2v) is 7.87. The number of amides is 1. The highest BCUT2D eigenvalue weighted by Crippen LogP contribution is 2.10. The number of nitrogens with zero attached hydrogens (tertiary/aromatic N) is 2. The van der Waals surface area contributed by atoms with Crippen LogP contribution in [0.4, 0.5) is 0 Å². The number of likely N-dealkylation sites (N-methyl/N-ethyl adjacent to an activating group) is 1. The number of hydrogen-bond donors (Lipinski definition) is 1. The fourth-order valence-electron chi connectivity index (χ4n) is 2.21. The zero-order valence-electron chi connectivity index (χ0n) is 13.7. The van der Waals surface area contributed by atoms with Gasteiger partial charge in [0.2, 0.25) is 0 Å². The summed E-state index contributed by atoms with van der Waals surface area (Å²) in [5.74, 6) is 1.23. The molecule has 0 unspecified atom stereocenters. The van der Waals surface area contributed by atoms with Crippen molar-refractivity contribution in [2.75, 3.05) is 37.9 Å². The SMILES string of the molecule is CCCN(C)C/C=C/N=C(SC)C(=O)NC1CCS(=O)CC1. The third-order valence-corrected chi connectivity index (χ3v) is 5.49. The lowest BCUT2D eigenvalue weighted by Gasteiger charge is -2.22. The van der Waals surface area contributed by atoms with E-state index >= 15 is 0 Å². The minimum Gasteiger partial charge on any atom is -0.347 e. The van der Waals surface area contributed by atoms with Gasteiger partial charge >= 0.3 is 0 Å². The van der Waals surface area contributed by atoms with Crippen molar-refractivity contribution in [3.05, 3.63) is 12.3 Å². The fourth-order valence-corrected chi connectivity index (χ4v) is 3.92. The summed E-state index contributed by atoms with van der Waals surface area (Å²) in [6, 6.07) is 0.127. The number of thioether (sulfide) groups is 1. The summed E-state index contributed by atoms with van der Waals surface area (Å²) in [5.41, 5.74) is 0. The minimum absolute atomic E-state index is 0.127. The molecule has 0 radical (unpaired) electrons. The lowest BCUT2D eigenvalue weighted by molar-refractivity contribution is -0.115. The van der Waals surface area contributed by atoms with Gasteiger partial charge in [0.1, 0.15) is 0 Å². The Morgan fingerprint density at radius 2 is 2.14 bits per heavy atom. The molecule has 0 aromatic rings. The van der Waals surface area contributed by atoms with Crippen LogP contribution in [0, 0.1) is 0 Å². The van der Waals surface area contributed by atoms with Crippen LogP contribution in [0.3, 0.4) is 0 Å². The number of rotatable bonds is 6. The van der Waals surface area contributed by atoms with Crippen LogP contribution in [0.2, 0.25) is 0 Å².